The van der Waals surface area contributed by atoms with Gasteiger partial charge < -0.3 is 5.32 Å². The summed E-state index contributed by atoms with van der Waals surface area (Å²) in [6, 6.07) is 19.1. The lowest BCUT2D eigenvalue weighted by molar-refractivity contribution is -0.120. The molecule has 0 bridgehead atoms. The number of nitrogens with one attached hydrogen (secondary N) is 2. The highest BCUT2D eigenvalue weighted by Crippen LogP contribution is 2.20. The van der Waals surface area contributed by atoms with E-state index >= 15 is 0 Å². The van der Waals surface area contributed by atoms with Crippen LogP contribution in [-0.4, -0.2) is 17.5 Å². The molecule has 0 aromatic heterocycles. The number of anilines is 1. The number of hydrogen-bond donors (Lipinski definition) is 2. The monoisotopic (exact) mass is 407 g/mol. The van der Waals surface area contributed by atoms with Crippen molar-refractivity contribution >= 4 is 45.6 Å². The first-order chi connectivity index (χ1) is 13.9. The minimum absolute atomic E-state index is 0.0695. The van der Waals surface area contributed by atoms with Gasteiger partial charge in [0.2, 0.25) is 11.8 Å². The summed E-state index contributed by atoms with van der Waals surface area (Å²) in [7, 11) is 0. The molecule has 6 heteroatoms. The van der Waals surface area contributed by atoms with Crippen LogP contribution < -0.4 is 10.7 Å². The smallest absolute Gasteiger partial charge is 0.244 e. The topological polar surface area (TPSA) is 70.6 Å². The highest BCUT2D eigenvalue weighted by atomic mass is 35.5. The predicted molar refractivity (Wildman–Crippen MR) is 118 cm³/mol. The zero-order valence-electron chi connectivity index (χ0n) is 16.3. The molecule has 0 spiro atoms. The van der Waals surface area contributed by atoms with Gasteiger partial charge >= 0.3 is 0 Å². The van der Waals surface area contributed by atoms with Gasteiger partial charge in [-0.2, -0.15) is 5.10 Å². The Labute approximate surface area is 174 Å². The zero-order chi connectivity index (χ0) is 20.8. The summed E-state index contributed by atoms with van der Waals surface area (Å²) < 4.78 is 0. The molecule has 29 heavy (non-hydrogen) atoms. The zero-order valence-corrected chi connectivity index (χ0v) is 17.1. The first-order valence-electron chi connectivity index (χ1n) is 9.27. The minimum atomic E-state index is -0.230. The van der Waals surface area contributed by atoms with Crippen molar-refractivity contribution in [1.82, 2.24) is 5.43 Å². The number of halogens is 1. The molecule has 0 aliphatic heterocycles. The van der Waals surface area contributed by atoms with Gasteiger partial charge in [0.05, 0.1) is 12.8 Å². The fourth-order valence-corrected chi connectivity index (χ4v) is 3.15. The quantitative estimate of drug-likeness (QED) is 0.452. The van der Waals surface area contributed by atoms with E-state index in [2.05, 4.69) is 15.8 Å². The van der Waals surface area contributed by atoms with E-state index in [0.29, 0.717) is 16.4 Å². The third-order valence-electron chi connectivity index (χ3n) is 4.47. The van der Waals surface area contributed by atoms with Crippen LogP contribution in [0.25, 0.3) is 10.8 Å². The lowest BCUT2D eigenvalue weighted by Crippen LogP contribution is -2.23. The maximum Gasteiger partial charge on any atom is 0.244 e. The summed E-state index contributed by atoms with van der Waals surface area (Å²) in [5.74, 6) is -0.458. The Bertz CT molecular complexity index is 1090. The van der Waals surface area contributed by atoms with Crippen molar-refractivity contribution in [3.05, 3.63) is 76.8 Å². The van der Waals surface area contributed by atoms with Gasteiger partial charge in [0.15, 0.2) is 0 Å². The fourth-order valence-electron chi connectivity index (χ4n) is 2.96. The fraction of sp³-hybridized carbons (Fsp3) is 0.174. The maximum atomic E-state index is 12.3. The Kier molecular flexibility index (Phi) is 6.62. The predicted octanol–water partition coefficient (Wildman–Crippen LogP) is 4.87. The molecule has 3 aromatic rings. The van der Waals surface area contributed by atoms with Crippen molar-refractivity contribution < 1.29 is 9.59 Å². The van der Waals surface area contributed by atoms with Crippen molar-refractivity contribution in [2.24, 2.45) is 5.10 Å². The summed E-state index contributed by atoms with van der Waals surface area (Å²) in [5.41, 5.74) is 5.53. The number of rotatable bonds is 6. The number of nitrogens with zero attached hydrogens (tertiary/aromatic N) is 1. The minimum Gasteiger partial charge on any atom is -0.326 e. The van der Waals surface area contributed by atoms with Crippen LogP contribution in [0.1, 0.15) is 24.5 Å². The Morgan fingerprint density at radius 1 is 1.00 bits per heavy atom. The molecular weight excluding hydrogens is 386 g/mol. The summed E-state index contributed by atoms with van der Waals surface area (Å²) in [5, 5.41) is 9.54. The number of carbonyl (C=O) groups excluding carboxylic acids is 2. The first kappa shape index (κ1) is 20.6. The molecule has 5 nitrogen and oxygen atoms in total. The number of hydrazone groups is 1. The molecule has 0 unspecified atom stereocenters. The van der Waals surface area contributed by atoms with Crippen molar-refractivity contribution in [1.29, 1.82) is 0 Å². The van der Waals surface area contributed by atoms with E-state index in [4.69, 9.17) is 11.6 Å². The second-order valence-corrected chi connectivity index (χ2v) is 7.29. The number of carbonyl (C=O) groups is 2. The number of amides is 2. The maximum absolute atomic E-state index is 12.3. The van der Waals surface area contributed by atoms with Gasteiger partial charge in [0.25, 0.3) is 0 Å². The third-order valence-corrected chi connectivity index (χ3v) is 4.88. The van der Waals surface area contributed by atoms with Crippen LogP contribution in [-0.2, 0) is 16.0 Å². The summed E-state index contributed by atoms with van der Waals surface area (Å²) in [6.07, 6.45) is 0.284. The van der Waals surface area contributed by atoms with E-state index in [1.165, 1.54) is 0 Å². The molecule has 0 saturated heterocycles. The van der Waals surface area contributed by atoms with Gasteiger partial charge in [-0.25, -0.2) is 5.43 Å². The summed E-state index contributed by atoms with van der Waals surface area (Å²) in [6.45, 7) is 3.59. The lowest BCUT2D eigenvalue weighted by Gasteiger charge is -2.08. The van der Waals surface area contributed by atoms with Gasteiger partial charge in [-0.3, -0.25) is 9.59 Å². The van der Waals surface area contributed by atoms with Crippen molar-refractivity contribution in [2.45, 2.75) is 26.7 Å². The van der Waals surface area contributed by atoms with Crippen molar-refractivity contribution in [3.63, 3.8) is 0 Å². The molecule has 3 rings (SSSR count). The van der Waals surface area contributed by atoms with E-state index in [1.807, 2.05) is 55.5 Å². The Hall–Kier alpha value is -3.18. The molecule has 0 radical (unpaired) electrons. The second kappa shape index (κ2) is 9.34. The van der Waals surface area contributed by atoms with Crippen LogP contribution in [0.15, 0.2) is 65.8 Å². The van der Waals surface area contributed by atoms with Gasteiger partial charge in [0.1, 0.15) is 0 Å². The van der Waals surface area contributed by atoms with Gasteiger partial charge in [0, 0.05) is 16.4 Å². The molecule has 0 aliphatic carbocycles. The van der Waals surface area contributed by atoms with Crippen LogP contribution in [0, 0.1) is 6.92 Å². The third kappa shape index (κ3) is 5.65. The molecule has 0 aliphatic rings. The SMILES string of the molecule is C/C(CC(=O)Nc1ccc(C)c(Cl)c1)=N/NC(=O)Cc1cccc2ccccc12. The molecule has 0 atom stereocenters. The Morgan fingerprint density at radius 3 is 2.55 bits per heavy atom. The number of hydrogen-bond acceptors (Lipinski definition) is 3. The average Bonchev–Trinajstić information content (AvgIpc) is 2.69. The highest BCUT2D eigenvalue weighted by molar-refractivity contribution is 6.31. The number of benzene rings is 3. The molecule has 0 heterocycles. The van der Waals surface area contributed by atoms with E-state index in [9.17, 15) is 9.59 Å². The van der Waals surface area contributed by atoms with Crippen LogP contribution in [0.2, 0.25) is 5.02 Å². The largest absolute Gasteiger partial charge is 0.326 e. The molecule has 148 valence electrons. The van der Waals surface area contributed by atoms with E-state index in [1.54, 1.807) is 19.1 Å². The molecule has 2 N–H and O–H groups in total. The van der Waals surface area contributed by atoms with Gasteiger partial charge in [-0.1, -0.05) is 60.1 Å². The van der Waals surface area contributed by atoms with Crippen LogP contribution in [0.5, 0.6) is 0 Å². The van der Waals surface area contributed by atoms with Crippen LogP contribution in [0.3, 0.4) is 0 Å². The molecule has 3 aromatic carbocycles. The standard InChI is InChI=1S/C23H22ClN3O2/c1-15-10-11-19(14-21(15)24)25-22(28)12-16(2)26-27-23(29)13-18-8-5-7-17-6-3-4-9-20(17)18/h3-11,14H,12-13H2,1-2H3,(H,25,28)(H,27,29)/b26-16-. The normalized spacial score (nSPS) is 11.3. The highest BCUT2D eigenvalue weighted by Gasteiger charge is 2.08. The molecule has 0 saturated carbocycles. The lowest BCUT2D eigenvalue weighted by atomic mass is 10.0. The van der Waals surface area contributed by atoms with Crippen molar-refractivity contribution in [3.8, 4) is 0 Å². The Morgan fingerprint density at radius 2 is 1.76 bits per heavy atom. The van der Waals surface area contributed by atoms with E-state index < -0.39 is 0 Å². The number of aryl methyl sites for hydroxylation is 1. The van der Waals surface area contributed by atoms with Gasteiger partial charge in [-0.15, -0.1) is 0 Å². The molecular formula is C23H22ClN3O2. The van der Waals surface area contributed by atoms with E-state index in [-0.39, 0.29) is 24.7 Å². The summed E-state index contributed by atoms with van der Waals surface area (Å²) in [4.78, 5) is 24.4. The first-order valence-corrected chi connectivity index (χ1v) is 9.65. The van der Waals surface area contributed by atoms with E-state index in [0.717, 1.165) is 21.9 Å². The average molecular weight is 408 g/mol. The number of fused-ring (bicyclic) bond motifs is 1. The van der Waals surface area contributed by atoms with Crippen molar-refractivity contribution in [2.75, 3.05) is 5.32 Å². The Balaban J connectivity index is 1.55. The van der Waals surface area contributed by atoms with Crippen LogP contribution in [0.4, 0.5) is 5.69 Å². The molecule has 0 fully saturated rings. The summed E-state index contributed by atoms with van der Waals surface area (Å²) >= 11 is 6.07. The molecule has 2 amide bonds. The second-order valence-electron chi connectivity index (χ2n) is 6.89. The van der Waals surface area contributed by atoms with Gasteiger partial charge in [-0.05, 0) is 47.9 Å². The van der Waals surface area contributed by atoms with Crippen LogP contribution >= 0.6 is 11.6 Å².